The van der Waals surface area contributed by atoms with E-state index in [2.05, 4.69) is 9.97 Å². The van der Waals surface area contributed by atoms with Gasteiger partial charge in [0, 0.05) is 39.7 Å². The van der Waals surface area contributed by atoms with Gasteiger partial charge in [0.05, 0.1) is 29.4 Å². The summed E-state index contributed by atoms with van der Waals surface area (Å²) in [5.41, 5.74) is 3.18. The number of carbonyl (C=O) groups excluding carboxylic acids is 2. The number of carboxylic acids is 1. The number of aliphatic carboxylic acids is 1. The molecule has 1 aromatic heterocycles. The number of ketones is 1. The predicted octanol–water partition coefficient (Wildman–Crippen LogP) is 2.60. The van der Waals surface area contributed by atoms with Crippen LogP contribution in [0.3, 0.4) is 0 Å². The van der Waals surface area contributed by atoms with E-state index in [4.69, 9.17) is 32.7 Å². The van der Waals surface area contributed by atoms with E-state index in [9.17, 15) is 14.7 Å². The Balaban J connectivity index is 0.00000353. The van der Waals surface area contributed by atoms with Gasteiger partial charge in [0.2, 0.25) is 0 Å². The fourth-order valence-corrected chi connectivity index (χ4v) is 4.64. The van der Waals surface area contributed by atoms with Crippen molar-refractivity contribution in [3.63, 3.8) is 0 Å². The first-order valence-electron chi connectivity index (χ1n) is 11.9. The van der Waals surface area contributed by atoms with Crippen molar-refractivity contribution in [1.29, 1.82) is 0 Å². The molecule has 0 fully saturated rings. The van der Waals surface area contributed by atoms with Crippen molar-refractivity contribution in [1.82, 2.24) is 9.97 Å². The molecule has 2 heterocycles. The van der Waals surface area contributed by atoms with E-state index in [1.165, 1.54) is 6.07 Å². The molecule has 0 amide bonds. The molecular weight excluding hydrogens is 550 g/mol. The van der Waals surface area contributed by atoms with Crippen molar-refractivity contribution >= 4 is 35.0 Å². The van der Waals surface area contributed by atoms with E-state index in [0.29, 0.717) is 51.3 Å². The predicted molar refractivity (Wildman–Crippen MR) is 141 cm³/mol. The molecule has 4 aromatic rings. The molecule has 0 radical (unpaired) electrons. The number of benzene rings is 3. The van der Waals surface area contributed by atoms with E-state index in [1.807, 2.05) is 12.1 Å². The van der Waals surface area contributed by atoms with E-state index in [0.717, 1.165) is 11.3 Å². The minimum atomic E-state index is -1.17. The summed E-state index contributed by atoms with van der Waals surface area (Å²) in [6.07, 6.45) is 0.427. The van der Waals surface area contributed by atoms with Crippen LogP contribution in [0.1, 0.15) is 39.8 Å². The van der Waals surface area contributed by atoms with Crippen LogP contribution in [-0.4, -0.2) is 28.3 Å². The second kappa shape index (κ2) is 12.5. The second-order valence-corrected chi connectivity index (χ2v) is 9.70. The molecule has 0 bridgehead atoms. The molecule has 0 aliphatic carbocycles. The summed E-state index contributed by atoms with van der Waals surface area (Å²) in [6, 6.07) is 18.9. The standard InChI is InChI=1S/C29H22Cl2N2O5.Na/c1-16-32-20(12-25(33-16)17-2-6-19(30)7-3-17)13-26(34)18-4-8-21(9-5-18)38-28-15-27-23(14-24(28)31)22(29(35)36)10-11-37-27;/h2-9,12,14-15,22H,10-11,13H2,1H3,(H,35,36);/q;+1/p-1. The number of aryl methyl sites for hydroxylation is 1. The van der Waals surface area contributed by atoms with Gasteiger partial charge in [-0.05, 0) is 61.9 Å². The van der Waals surface area contributed by atoms with Crippen LogP contribution >= 0.6 is 23.2 Å². The van der Waals surface area contributed by atoms with Gasteiger partial charge in [-0.1, -0.05) is 35.3 Å². The molecule has 192 valence electrons. The number of carboxylic acid groups (broad SMARTS) is 1. The Morgan fingerprint density at radius 3 is 2.44 bits per heavy atom. The summed E-state index contributed by atoms with van der Waals surface area (Å²) in [7, 11) is 0. The molecule has 7 nitrogen and oxygen atoms in total. The largest absolute Gasteiger partial charge is 1.00 e. The second-order valence-electron chi connectivity index (χ2n) is 8.85. The number of Topliss-reactive ketones (excluding diaryl/α,β-unsaturated/α-hetero) is 1. The molecular formula is C29H21Cl2N2NaO5. The van der Waals surface area contributed by atoms with E-state index < -0.39 is 11.9 Å². The first-order chi connectivity index (χ1) is 18.3. The Bertz CT molecular complexity index is 1530. The zero-order chi connectivity index (χ0) is 26.8. The summed E-state index contributed by atoms with van der Waals surface area (Å²) in [5.74, 6) is -0.316. The van der Waals surface area contributed by atoms with E-state index in [1.54, 1.807) is 55.5 Å². The van der Waals surface area contributed by atoms with Gasteiger partial charge in [-0.2, -0.15) is 0 Å². The Kier molecular flexibility index (Phi) is 9.31. The number of hydrogen-bond acceptors (Lipinski definition) is 7. The molecule has 5 rings (SSSR count). The van der Waals surface area contributed by atoms with Crippen LogP contribution in [0.25, 0.3) is 11.3 Å². The quantitative estimate of drug-likeness (QED) is 0.248. The summed E-state index contributed by atoms with van der Waals surface area (Å²) >= 11 is 12.4. The molecule has 0 saturated heterocycles. The number of rotatable bonds is 7. The first kappa shape index (κ1) is 29.1. The number of nitrogens with zero attached hydrogens (tertiary/aromatic N) is 2. The molecule has 0 spiro atoms. The molecule has 1 aliphatic heterocycles. The Labute approximate surface area is 257 Å². The van der Waals surface area contributed by atoms with Crippen LogP contribution in [0.15, 0.2) is 66.7 Å². The number of aromatic nitrogens is 2. The summed E-state index contributed by atoms with van der Waals surface area (Å²) in [6.45, 7) is 2.05. The van der Waals surface area contributed by atoms with Crippen LogP contribution < -0.4 is 44.1 Å². The van der Waals surface area contributed by atoms with E-state index >= 15 is 0 Å². The maximum Gasteiger partial charge on any atom is 1.00 e. The third-order valence-electron chi connectivity index (χ3n) is 6.17. The summed E-state index contributed by atoms with van der Waals surface area (Å²) < 4.78 is 11.5. The summed E-state index contributed by atoms with van der Waals surface area (Å²) in [5, 5.41) is 12.3. The van der Waals surface area contributed by atoms with Crippen LogP contribution in [0.2, 0.25) is 10.0 Å². The minimum absolute atomic E-state index is 0. The fourth-order valence-electron chi connectivity index (χ4n) is 4.30. The average molecular weight is 571 g/mol. The topological polar surface area (TPSA) is 101 Å². The van der Waals surface area contributed by atoms with E-state index in [-0.39, 0.29) is 53.4 Å². The molecule has 3 aromatic carbocycles. The van der Waals surface area contributed by atoms with Crippen molar-refractivity contribution in [2.75, 3.05) is 6.61 Å². The maximum absolute atomic E-state index is 13.0. The van der Waals surface area contributed by atoms with Crippen LogP contribution in [0.4, 0.5) is 0 Å². The fraction of sp³-hybridized carbons (Fsp3) is 0.172. The molecule has 1 aliphatic rings. The molecule has 39 heavy (non-hydrogen) atoms. The zero-order valence-electron chi connectivity index (χ0n) is 21.2. The third-order valence-corrected chi connectivity index (χ3v) is 6.71. The third kappa shape index (κ3) is 6.80. The van der Waals surface area contributed by atoms with Crippen molar-refractivity contribution in [2.45, 2.75) is 25.7 Å². The van der Waals surface area contributed by atoms with Gasteiger partial charge in [0.15, 0.2) is 5.78 Å². The number of fused-ring (bicyclic) bond motifs is 1. The molecule has 1 unspecified atom stereocenters. The van der Waals surface area contributed by atoms with Gasteiger partial charge < -0.3 is 19.4 Å². The normalized spacial score (nSPS) is 14.0. The zero-order valence-corrected chi connectivity index (χ0v) is 24.8. The van der Waals surface area contributed by atoms with Crippen molar-refractivity contribution in [3.8, 4) is 28.5 Å². The van der Waals surface area contributed by atoms with Crippen LogP contribution in [0, 0.1) is 6.92 Å². The Morgan fingerprint density at radius 2 is 1.74 bits per heavy atom. The molecule has 1 atom stereocenters. The Morgan fingerprint density at radius 1 is 1.03 bits per heavy atom. The smallest absolute Gasteiger partial charge is 0.549 e. The van der Waals surface area contributed by atoms with Gasteiger partial charge in [-0.25, -0.2) is 9.97 Å². The van der Waals surface area contributed by atoms with Gasteiger partial charge in [0.1, 0.15) is 23.1 Å². The maximum atomic E-state index is 13.0. The monoisotopic (exact) mass is 570 g/mol. The summed E-state index contributed by atoms with van der Waals surface area (Å²) in [4.78, 5) is 33.3. The molecule has 0 saturated carbocycles. The number of carbonyl (C=O) groups is 2. The molecule has 10 heteroatoms. The van der Waals surface area contributed by atoms with Crippen molar-refractivity contribution in [3.05, 3.63) is 99.4 Å². The van der Waals surface area contributed by atoms with Gasteiger partial charge in [0.25, 0.3) is 0 Å². The molecule has 0 N–H and O–H groups in total. The van der Waals surface area contributed by atoms with Gasteiger partial charge in [-0.15, -0.1) is 0 Å². The first-order valence-corrected chi connectivity index (χ1v) is 12.6. The van der Waals surface area contributed by atoms with Crippen LogP contribution in [0.5, 0.6) is 17.2 Å². The Hall–Kier alpha value is -2.94. The minimum Gasteiger partial charge on any atom is -0.549 e. The number of hydrogen-bond donors (Lipinski definition) is 0. The number of ether oxygens (including phenoxy) is 2. The number of halogens is 2. The van der Waals surface area contributed by atoms with Crippen LogP contribution in [-0.2, 0) is 11.2 Å². The average Bonchev–Trinajstić information content (AvgIpc) is 2.89. The van der Waals surface area contributed by atoms with Crippen molar-refractivity contribution in [2.24, 2.45) is 0 Å². The van der Waals surface area contributed by atoms with Gasteiger partial charge >= 0.3 is 29.6 Å². The van der Waals surface area contributed by atoms with Gasteiger partial charge in [-0.3, -0.25) is 4.79 Å². The SMILES string of the molecule is Cc1nc(CC(=O)c2ccc(Oc3cc4c(cc3Cl)C(C(=O)[O-])CCO4)cc2)cc(-c2ccc(Cl)cc2)n1.[Na+]. The van der Waals surface area contributed by atoms with Crippen molar-refractivity contribution < 1.29 is 53.7 Å².